The Morgan fingerprint density at radius 1 is 1.33 bits per heavy atom. The van der Waals surface area contributed by atoms with E-state index in [1.165, 1.54) is 0 Å². The molecule has 0 aromatic heterocycles. The first-order valence-electron chi connectivity index (χ1n) is 3.70. The monoisotopic (exact) mass is 202 g/mol. The van der Waals surface area contributed by atoms with Gasteiger partial charge >= 0.3 is 7.60 Å². The third-order valence-corrected chi connectivity index (χ3v) is 2.21. The van der Waals surface area contributed by atoms with Crippen molar-refractivity contribution in [2.45, 2.75) is 25.4 Å². The fourth-order valence-corrected chi connectivity index (χ4v) is 1.51. The number of unbranched alkanes of at least 4 members (excludes halogenated alkanes) is 1. The molecule has 74 valence electrons. The van der Waals surface area contributed by atoms with Crippen LogP contribution in [0.3, 0.4) is 0 Å². The van der Waals surface area contributed by atoms with Crippen LogP contribution < -0.4 is 0 Å². The highest BCUT2D eigenvalue weighted by Gasteiger charge is 2.20. The quantitative estimate of drug-likeness (QED) is 0.508. The van der Waals surface area contributed by atoms with Crippen molar-refractivity contribution in [1.82, 2.24) is 0 Å². The molecule has 0 aliphatic carbocycles. The maximum Gasteiger partial charge on any atom is 0.328 e. The lowest BCUT2D eigenvalue weighted by molar-refractivity contribution is 0.298. The summed E-state index contributed by atoms with van der Waals surface area (Å²) in [6, 6.07) is 0. The average molecular weight is 202 g/mol. The molecule has 0 saturated heterocycles. The Labute approximate surface area is 69.9 Å². The molecule has 0 heterocycles. The minimum Gasteiger partial charge on any atom is -0.324 e. The molecule has 0 aliphatic rings. The summed E-state index contributed by atoms with van der Waals surface area (Å²) in [6.45, 7) is -0.511. The average Bonchev–Trinajstić information content (AvgIpc) is 1.84. The van der Waals surface area contributed by atoms with Crippen molar-refractivity contribution in [3.63, 3.8) is 0 Å². The summed E-state index contributed by atoms with van der Waals surface area (Å²) in [7, 11) is -4.24. The van der Waals surface area contributed by atoms with Crippen molar-refractivity contribution >= 4 is 7.60 Å². The summed E-state index contributed by atoms with van der Waals surface area (Å²) in [5.74, 6) is 0. The summed E-state index contributed by atoms with van der Waals surface area (Å²) in [6.07, 6.45) is -1.66. The number of hydrogen-bond donors (Lipinski definition) is 2. The largest absolute Gasteiger partial charge is 0.328 e. The van der Waals surface area contributed by atoms with Crippen molar-refractivity contribution < 1.29 is 23.1 Å². The van der Waals surface area contributed by atoms with Gasteiger partial charge in [-0.1, -0.05) is 0 Å². The molecule has 0 amide bonds. The van der Waals surface area contributed by atoms with Crippen LogP contribution >= 0.6 is 7.60 Å². The van der Waals surface area contributed by atoms with Crippen molar-refractivity contribution in [2.24, 2.45) is 0 Å². The Hall–Kier alpha value is 0.01000. The molecule has 0 spiro atoms. The molecule has 0 aromatic rings. The van der Waals surface area contributed by atoms with Gasteiger partial charge in [0.15, 0.2) is 0 Å². The first-order chi connectivity index (χ1) is 5.45. The fraction of sp³-hybridized carbons (Fsp3) is 1.00. The van der Waals surface area contributed by atoms with E-state index in [1.807, 2.05) is 0 Å². The van der Waals surface area contributed by atoms with Gasteiger partial charge in [0, 0.05) is 0 Å². The molecule has 0 bridgehead atoms. The third kappa shape index (κ3) is 8.11. The van der Waals surface area contributed by atoms with Gasteiger partial charge in [-0.05, 0) is 19.3 Å². The van der Waals surface area contributed by atoms with Gasteiger partial charge in [0.2, 0.25) is 0 Å². The van der Waals surface area contributed by atoms with E-state index in [2.05, 4.69) is 0 Å². The van der Waals surface area contributed by atoms with Gasteiger partial charge < -0.3 is 9.79 Å². The third-order valence-electron chi connectivity index (χ3n) is 1.34. The molecule has 0 aliphatic heterocycles. The van der Waals surface area contributed by atoms with Crippen molar-refractivity contribution in [3.05, 3.63) is 0 Å². The van der Waals surface area contributed by atoms with Crippen molar-refractivity contribution in [2.75, 3.05) is 12.8 Å². The first kappa shape index (κ1) is 12.0. The molecule has 0 saturated carbocycles. The standard InChI is InChI=1S/C6H13F2O3P/c7-4-2-1-3-6(8)5-12(9,10)11/h6H,1-5H2,(H2,9,10,11). The highest BCUT2D eigenvalue weighted by Crippen LogP contribution is 2.36. The van der Waals surface area contributed by atoms with Gasteiger partial charge in [0.25, 0.3) is 0 Å². The molecule has 0 aromatic carbocycles. The zero-order valence-corrected chi connectivity index (χ0v) is 7.51. The number of hydrogen-bond acceptors (Lipinski definition) is 1. The van der Waals surface area contributed by atoms with Crippen LogP contribution in [0.25, 0.3) is 0 Å². The normalized spacial score (nSPS) is 14.7. The molecule has 12 heavy (non-hydrogen) atoms. The van der Waals surface area contributed by atoms with Gasteiger partial charge in [-0.3, -0.25) is 8.96 Å². The maximum atomic E-state index is 12.6. The molecule has 2 N–H and O–H groups in total. The van der Waals surface area contributed by atoms with E-state index in [0.717, 1.165) is 0 Å². The summed E-state index contributed by atoms with van der Waals surface area (Å²) < 4.78 is 34.4. The van der Waals surface area contributed by atoms with Crippen LogP contribution in [-0.4, -0.2) is 28.8 Å². The van der Waals surface area contributed by atoms with E-state index in [-0.39, 0.29) is 12.8 Å². The molecule has 0 radical (unpaired) electrons. The van der Waals surface area contributed by atoms with E-state index in [0.29, 0.717) is 6.42 Å². The van der Waals surface area contributed by atoms with Crippen LogP contribution in [0.1, 0.15) is 19.3 Å². The Kier molecular flexibility index (Phi) is 5.63. The lowest BCUT2D eigenvalue weighted by Gasteiger charge is -2.07. The van der Waals surface area contributed by atoms with E-state index in [1.54, 1.807) is 0 Å². The smallest absolute Gasteiger partial charge is 0.324 e. The zero-order valence-electron chi connectivity index (χ0n) is 6.62. The molecule has 6 heteroatoms. The lowest BCUT2D eigenvalue weighted by Crippen LogP contribution is -2.07. The van der Waals surface area contributed by atoms with Crippen LogP contribution in [0.15, 0.2) is 0 Å². The van der Waals surface area contributed by atoms with Crippen LogP contribution in [0.2, 0.25) is 0 Å². The molecule has 1 atom stereocenters. The predicted molar refractivity (Wildman–Crippen MR) is 41.6 cm³/mol. The van der Waals surface area contributed by atoms with Crippen molar-refractivity contribution in [3.8, 4) is 0 Å². The Morgan fingerprint density at radius 2 is 1.92 bits per heavy atom. The van der Waals surface area contributed by atoms with Gasteiger partial charge in [0.1, 0.15) is 6.17 Å². The topological polar surface area (TPSA) is 57.5 Å². The highest BCUT2D eigenvalue weighted by atomic mass is 31.2. The Bertz CT molecular complexity index is 159. The van der Waals surface area contributed by atoms with Gasteiger partial charge in [-0.25, -0.2) is 4.39 Å². The first-order valence-corrected chi connectivity index (χ1v) is 5.50. The zero-order chi connectivity index (χ0) is 9.61. The Morgan fingerprint density at radius 3 is 2.33 bits per heavy atom. The summed E-state index contributed by atoms with van der Waals surface area (Å²) >= 11 is 0. The van der Waals surface area contributed by atoms with Crippen molar-refractivity contribution in [1.29, 1.82) is 0 Å². The predicted octanol–water partition coefficient (Wildman–Crippen LogP) is 1.64. The SMILES string of the molecule is O=P(O)(O)CC(F)CCCCF. The second-order valence-corrected chi connectivity index (χ2v) is 4.32. The molecule has 0 rings (SSSR count). The summed E-state index contributed by atoms with van der Waals surface area (Å²) in [5, 5.41) is 0. The van der Waals surface area contributed by atoms with Crippen LogP contribution in [0.4, 0.5) is 8.78 Å². The molecule has 0 fully saturated rings. The van der Waals surface area contributed by atoms with E-state index in [4.69, 9.17) is 9.79 Å². The highest BCUT2D eigenvalue weighted by molar-refractivity contribution is 7.51. The number of rotatable bonds is 6. The lowest BCUT2D eigenvalue weighted by atomic mass is 10.2. The van der Waals surface area contributed by atoms with Crippen LogP contribution in [0, 0.1) is 0 Å². The second kappa shape index (κ2) is 5.62. The number of halogens is 2. The van der Waals surface area contributed by atoms with Crippen LogP contribution in [-0.2, 0) is 4.57 Å². The van der Waals surface area contributed by atoms with Gasteiger partial charge in [-0.15, -0.1) is 0 Å². The molecule has 1 unspecified atom stereocenters. The summed E-state index contributed by atoms with van der Waals surface area (Å²) in [4.78, 5) is 16.7. The fourth-order valence-electron chi connectivity index (χ4n) is 0.810. The number of alkyl halides is 2. The van der Waals surface area contributed by atoms with E-state index in [9.17, 15) is 13.3 Å². The van der Waals surface area contributed by atoms with Gasteiger partial charge in [0.05, 0.1) is 12.8 Å². The molecular formula is C6H13F2O3P. The summed E-state index contributed by atoms with van der Waals surface area (Å²) in [5.41, 5.74) is 0. The second-order valence-electron chi connectivity index (χ2n) is 2.63. The minimum atomic E-state index is -4.24. The van der Waals surface area contributed by atoms with Gasteiger partial charge in [-0.2, -0.15) is 0 Å². The van der Waals surface area contributed by atoms with E-state index >= 15 is 0 Å². The van der Waals surface area contributed by atoms with Crippen LogP contribution in [0.5, 0.6) is 0 Å². The molecule has 3 nitrogen and oxygen atoms in total. The van der Waals surface area contributed by atoms with E-state index < -0.39 is 26.6 Å². The Balaban J connectivity index is 3.46. The minimum absolute atomic E-state index is 0.0228. The maximum absolute atomic E-state index is 12.6. The molecular weight excluding hydrogens is 189 g/mol.